The van der Waals surface area contributed by atoms with E-state index in [2.05, 4.69) is 20.8 Å². The minimum atomic E-state index is 0.420. The Hall–Kier alpha value is -1.92. The summed E-state index contributed by atoms with van der Waals surface area (Å²) in [7, 11) is 0. The third-order valence-corrected chi connectivity index (χ3v) is 4.10. The Labute approximate surface area is 126 Å². The third-order valence-electron chi connectivity index (χ3n) is 3.87. The molecule has 6 nitrogen and oxygen atoms in total. The van der Waals surface area contributed by atoms with E-state index in [0.29, 0.717) is 11.1 Å². The van der Waals surface area contributed by atoms with Crippen molar-refractivity contribution in [2.75, 3.05) is 18.4 Å². The summed E-state index contributed by atoms with van der Waals surface area (Å²) < 4.78 is 1.93. The van der Waals surface area contributed by atoms with E-state index in [1.54, 1.807) is 6.33 Å². The molecular weight excluding hydrogens is 288 g/mol. The number of nitrogens with zero attached hydrogens (tertiary/aromatic N) is 4. The molecule has 1 aliphatic rings. The van der Waals surface area contributed by atoms with Crippen LogP contribution in [0.3, 0.4) is 0 Å². The van der Waals surface area contributed by atoms with Crippen LogP contribution in [0.5, 0.6) is 0 Å². The Morgan fingerprint density at radius 3 is 3.00 bits per heavy atom. The first-order chi connectivity index (χ1) is 10.3. The van der Waals surface area contributed by atoms with Crippen LogP contribution < -0.4 is 10.6 Å². The monoisotopic (exact) mass is 302 g/mol. The van der Waals surface area contributed by atoms with Crippen molar-refractivity contribution < 1.29 is 0 Å². The predicted molar refractivity (Wildman–Crippen MR) is 82.8 cm³/mol. The van der Waals surface area contributed by atoms with E-state index in [1.807, 2.05) is 22.6 Å². The van der Waals surface area contributed by atoms with E-state index in [0.717, 1.165) is 48.4 Å². The smallest absolute Gasteiger partial charge is 0.203 e. The van der Waals surface area contributed by atoms with Gasteiger partial charge in [-0.05, 0) is 44.1 Å². The van der Waals surface area contributed by atoms with Gasteiger partial charge in [-0.3, -0.25) is 4.40 Å². The normalized spacial score (nSPS) is 16.6. The third kappa shape index (κ3) is 2.30. The first kappa shape index (κ1) is 12.8. The first-order valence-corrected chi connectivity index (χ1v) is 7.45. The van der Waals surface area contributed by atoms with E-state index in [4.69, 9.17) is 16.6 Å². The molecule has 0 unspecified atom stereocenters. The number of nitrogens with one attached hydrogen (secondary N) is 2. The van der Waals surface area contributed by atoms with E-state index in [9.17, 15) is 0 Å². The molecule has 108 valence electrons. The molecule has 0 aliphatic carbocycles. The number of hydrogen-bond acceptors (Lipinski definition) is 5. The Morgan fingerprint density at radius 2 is 2.14 bits per heavy atom. The lowest BCUT2D eigenvalue weighted by atomic mass is 10.1. The number of hydrogen-bond donors (Lipinski definition) is 2. The van der Waals surface area contributed by atoms with Gasteiger partial charge in [-0.2, -0.15) is 0 Å². The zero-order valence-electron chi connectivity index (χ0n) is 11.4. The van der Waals surface area contributed by atoms with Crippen molar-refractivity contribution in [2.45, 2.75) is 18.9 Å². The van der Waals surface area contributed by atoms with Gasteiger partial charge in [-0.25, -0.2) is 4.98 Å². The number of rotatable bonds is 2. The molecule has 3 heterocycles. The average Bonchev–Trinajstić information content (AvgIpc) is 2.99. The van der Waals surface area contributed by atoms with Gasteiger partial charge in [0.25, 0.3) is 0 Å². The molecule has 0 radical (unpaired) electrons. The van der Waals surface area contributed by atoms with Crippen molar-refractivity contribution in [2.24, 2.45) is 0 Å². The highest BCUT2D eigenvalue weighted by Crippen LogP contribution is 2.24. The van der Waals surface area contributed by atoms with Gasteiger partial charge >= 0.3 is 0 Å². The molecule has 2 aromatic heterocycles. The lowest BCUT2D eigenvalue weighted by Crippen LogP contribution is -2.35. The van der Waals surface area contributed by atoms with Crippen LogP contribution in [0.4, 0.5) is 5.82 Å². The molecule has 0 atom stereocenters. The van der Waals surface area contributed by atoms with Crippen molar-refractivity contribution in [1.82, 2.24) is 24.9 Å². The van der Waals surface area contributed by atoms with Crippen LogP contribution in [0.25, 0.3) is 16.7 Å². The SMILES string of the molecule is Clc1ccc2nc(NC3CCNCC3)c3nncn3c2c1. The first-order valence-electron chi connectivity index (χ1n) is 7.07. The Balaban J connectivity index is 1.83. The number of halogens is 1. The molecule has 1 aromatic carbocycles. The fraction of sp³-hybridized carbons (Fsp3) is 0.357. The maximum atomic E-state index is 6.08. The Bertz CT molecular complexity index is 793. The highest BCUT2D eigenvalue weighted by Gasteiger charge is 2.17. The molecule has 0 saturated carbocycles. The zero-order chi connectivity index (χ0) is 14.2. The maximum Gasteiger partial charge on any atom is 0.203 e. The van der Waals surface area contributed by atoms with Crippen molar-refractivity contribution in [3.8, 4) is 0 Å². The Morgan fingerprint density at radius 1 is 1.29 bits per heavy atom. The summed E-state index contributed by atoms with van der Waals surface area (Å²) in [5.41, 5.74) is 2.53. The quantitative estimate of drug-likeness (QED) is 0.759. The lowest BCUT2D eigenvalue weighted by molar-refractivity contribution is 0.478. The molecule has 0 spiro atoms. The molecule has 0 amide bonds. The second kappa shape index (κ2) is 5.13. The minimum absolute atomic E-state index is 0.420. The van der Waals surface area contributed by atoms with E-state index in [-0.39, 0.29) is 0 Å². The van der Waals surface area contributed by atoms with Crippen LogP contribution in [0.1, 0.15) is 12.8 Å². The van der Waals surface area contributed by atoms with Gasteiger partial charge in [0, 0.05) is 11.1 Å². The lowest BCUT2D eigenvalue weighted by Gasteiger charge is -2.24. The molecule has 7 heteroatoms. The molecule has 1 aliphatic heterocycles. The van der Waals surface area contributed by atoms with Crippen molar-refractivity contribution >= 4 is 34.1 Å². The number of piperidine rings is 1. The van der Waals surface area contributed by atoms with Gasteiger partial charge < -0.3 is 10.6 Å². The van der Waals surface area contributed by atoms with Crippen LogP contribution in [0.2, 0.25) is 5.02 Å². The van der Waals surface area contributed by atoms with Crippen molar-refractivity contribution in [1.29, 1.82) is 0 Å². The highest BCUT2D eigenvalue weighted by atomic mass is 35.5. The summed E-state index contributed by atoms with van der Waals surface area (Å²) in [6, 6.07) is 6.07. The summed E-state index contributed by atoms with van der Waals surface area (Å²) in [4.78, 5) is 4.70. The van der Waals surface area contributed by atoms with E-state index in [1.165, 1.54) is 0 Å². The molecule has 21 heavy (non-hydrogen) atoms. The summed E-state index contributed by atoms with van der Waals surface area (Å²) >= 11 is 6.08. The van der Waals surface area contributed by atoms with Gasteiger partial charge in [-0.1, -0.05) is 11.6 Å². The van der Waals surface area contributed by atoms with Gasteiger partial charge in [0.2, 0.25) is 5.65 Å². The molecular formula is C14H15ClN6. The van der Waals surface area contributed by atoms with Gasteiger partial charge in [0.05, 0.1) is 11.0 Å². The topological polar surface area (TPSA) is 67.1 Å². The maximum absolute atomic E-state index is 6.08. The van der Waals surface area contributed by atoms with Crippen LogP contribution in [-0.4, -0.2) is 38.7 Å². The zero-order valence-corrected chi connectivity index (χ0v) is 12.1. The largest absolute Gasteiger partial charge is 0.364 e. The van der Waals surface area contributed by atoms with Gasteiger partial charge in [0.1, 0.15) is 6.33 Å². The van der Waals surface area contributed by atoms with Gasteiger partial charge in [-0.15, -0.1) is 10.2 Å². The fourth-order valence-corrected chi connectivity index (χ4v) is 2.95. The fourth-order valence-electron chi connectivity index (χ4n) is 2.78. The number of aromatic nitrogens is 4. The van der Waals surface area contributed by atoms with Gasteiger partial charge in [0.15, 0.2) is 5.82 Å². The van der Waals surface area contributed by atoms with Crippen LogP contribution in [-0.2, 0) is 0 Å². The molecule has 4 rings (SSSR count). The predicted octanol–water partition coefficient (Wildman–Crippen LogP) is 2.09. The van der Waals surface area contributed by atoms with E-state index >= 15 is 0 Å². The minimum Gasteiger partial charge on any atom is -0.364 e. The van der Waals surface area contributed by atoms with Crippen molar-refractivity contribution in [3.05, 3.63) is 29.5 Å². The van der Waals surface area contributed by atoms with Crippen molar-refractivity contribution in [3.63, 3.8) is 0 Å². The highest BCUT2D eigenvalue weighted by molar-refractivity contribution is 6.31. The van der Waals surface area contributed by atoms with E-state index < -0.39 is 0 Å². The summed E-state index contributed by atoms with van der Waals surface area (Å²) in [6.45, 7) is 2.06. The molecule has 1 saturated heterocycles. The van der Waals surface area contributed by atoms with Crippen LogP contribution in [0.15, 0.2) is 24.5 Å². The standard InChI is InChI=1S/C14H15ClN6/c15-9-1-2-11-12(7-9)21-8-17-20-14(21)13(19-11)18-10-3-5-16-6-4-10/h1-2,7-8,10,16H,3-6H2,(H,18,19). The summed E-state index contributed by atoms with van der Waals surface area (Å²) in [5.74, 6) is 0.786. The number of fused-ring (bicyclic) bond motifs is 3. The molecule has 3 aromatic rings. The molecule has 2 N–H and O–H groups in total. The summed E-state index contributed by atoms with van der Waals surface area (Å²) in [5, 5.41) is 15.8. The molecule has 1 fully saturated rings. The molecule has 0 bridgehead atoms. The second-order valence-corrected chi connectivity index (χ2v) is 5.72. The Kier molecular flexibility index (Phi) is 3.12. The second-order valence-electron chi connectivity index (χ2n) is 5.29. The average molecular weight is 303 g/mol. The number of benzene rings is 1. The summed E-state index contributed by atoms with van der Waals surface area (Å²) in [6.07, 6.45) is 3.87. The van der Waals surface area contributed by atoms with Crippen LogP contribution >= 0.6 is 11.6 Å². The number of anilines is 1. The van der Waals surface area contributed by atoms with Crippen LogP contribution in [0, 0.1) is 0 Å².